The first-order valence-corrected chi connectivity index (χ1v) is 15.0. The number of aryl methyl sites for hydroxylation is 2. The molecule has 5 heteroatoms. The smallest absolute Gasteiger partial charge is 0.418 e. The number of benzene rings is 2. The van der Waals surface area contributed by atoms with Gasteiger partial charge in [-0.3, -0.25) is 0 Å². The Morgan fingerprint density at radius 1 is 0.514 bits per heavy atom. The van der Waals surface area contributed by atoms with Gasteiger partial charge >= 0.3 is 8.25 Å². The standard InChI is InChI=1S/C30H47O3P.Nd/c1-3-5-7-9-11-13-15-17-27-19-23-29(24-20-27)32-34(31)33-30-25-21-28(22-26-30)18-16-14-12-10-8-6-4-2;/h19-26,34H,3-18H2,1-2H3;. The van der Waals surface area contributed by atoms with Gasteiger partial charge in [-0.2, -0.15) is 0 Å². The molecular formula is C30H47NdO3P. The summed E-state index contributed by atoms with van der Waals surface area (Å²) in [5.74, 6) is 1.20. The van der Waals surface area contributed by atoms with E-state index in [4.69, 9.17) is 9.05 Å². The molecule has 2 aromatic rings. The fraction of sp³-hybridized carbons (Fsp3) is 0.600. The van der Waals surface area contributed by atoms with Crippen LogP contribution in [0, 0.1) is 40.8 Å². The van der Waals surface area contributed by atoms with Crippen LogP contribution in [0.25, 0.3) is 0 Å². The Labute approximate surface area is 248 Å². The quantitative estimate of drug-likeness (QED) is 0.108. The summed E-state index contributed by atoms with van der Waals surface area (Å²) in [7, 11) is -2.63. The monoisotopic (exact) mass is 628 g/mol. The summed E-state index contributed by atoms with van der Waals surface area (Å²) in [6, 6.07) is 15.9. The Kier molecular flexibility index (Phi) is 20.2. The molecule has 0 fully saturated rings. The minimum Gasteiger partial charge on any atom is -0.418 e. The van der Waals surface area contributed by atoms with Gasteiger partial charge in [0.15, 0.2) is 0 Å². The minimum atomic E-state index is -2.63. The minimum absolute atomic E-state index is 0. The van der Waals surface area contributed by atoms with E-state index in [1.54, 1.807) is 0 Å². The Hall–Kier alpha value is -0.379. The van der Waals surface area contributed by atoms with Crippen molar-refractivity contribution in [3.63, 3.8) is 0 Å². The van der Waals surface area contributed by atoms with E-state index in [0.717, 1.165) is 12.8 Å². The molecule has 0 aromatic heterocycles. The largest absolute Gasteiger partial charge is 0.418 e. The van der Waals surface area contributed by atoms with Gasteiger partial charge in [-0.15, -0.1) is 0 Å². The second kappa shape index (κ2) is 21.7. The van der Waals surface area contributed by atoms with Crippen LogP contribution in [0.2, 0.25) is 0 Å². The zero-order valence-electron chi connectivity index (χ0n) is 22.2. The van der Waals surface area contributed by atoms with Crippen molar-refractivity contribution < 1.29 is 54.5 Å². The zero-order chi connectivity index (χ0) is 24.3. The summed E-state index contributed by atoms with van der Waals surface area (Å²) in [5, 5.41) is 0. The summed E-state index contributed by atoms with van der Waals surface area (Å²) < 4.78 is 23.4. The van der Waals surface area contributed by atoms with Gasteiger partial charge in [0.25, 0.3) is 0 Å². The summed E-state index contributed by atoms with van der Waals surface area (Å²) in [5.41, 5.74) is 2.61. The van der Waals surface area contributed by atoms with Crippen LogP contribution in [0.4, 0.5) is 0 Å². The van der Waals surface area contributed by atoms with Crippen LogP contribution >= 0.6 is 8.25 Å². The van der Waals surface area contributed by atoms with Gasteiger partial charge in [-0.05, 0) is 61.1 Å². The molecule has 0 heterocycles. The fourth-order valence-electron chi connectivity index (χ4n) is 4.23. The van der Waals surface area contributed by atoms with Crippen molar-refractivity contribution in [3.05, 3.63) is 59.7 Å². The van der Waals surface area contributed by atoms with Crippen LogP contribution < -0.4 is 9.05 Å². The van der Waals surface area contributed by atoms with E-state index < -0.39 is 8.25 Å². The Bertz CT molecular complexity index is 712. The number of rotatable bonds is 20. The fourth-order valence-corrected chi connectivity index (χ4v) is 4.93. The van der Waals surface area contributed by atoms with Gasteiger partial charge in [-0.25, -0.2) is 4.57 Å². The van der Waals surface area contributed by atoms with Crippen LogP contribution in [-0.4, -0.2) is 0 Å². The predicted molar refractivity (Wildman–Crippen MR) is 147 cm³/mol. The zero-order valence-corrected chi connectivity index (χ0v) is 26.4. The first-order chi connectivity index (χ1) is 16.7. The Morgan fingerprint density at radius 2 is 0.829 bits per heavy atom. The van der Waals surface area contributed by atoms with E-state index in [2.05, 4.69) is 38.1 Å². The van der Waals surface area contributed by atoms with Crippen LogP contribution in [0.1, 0.15) is 115 Å². The second-order valence-corrected chi connectivity index (χ2v) is 10.4. The molecule has 0 atom stereocenters. The second-order valence-electron chi connectivity index (χ2n) is 9.48. The predicted octanol–water partition coefficient (Wildman–Crippen LogP) is 10.1. The van der Waals surface area contributed by atoms with E-state index in [9.17, 15) is 4.57 Å². The molecule has 0 bridgehead atoms. The molecule has 194 valence electrons. The Morgan fingerprint density at radius 3 is 1.17 bits per heavy atom. The van der Waals surface area contributed by atoms with E-state index in [1.807, 2.05) is 24.3 Å². The van der Waals surface area contributed by atoms with Crippen LogP contribution in [0.15, 0.2) is 48.5 Å². The van der Waals surface area contributed by atoms with Gasteiger partial charge in [-0.1, -0.05) is 115 Å². The molecule has 0 radical (unpaired) electrons. The van der Waals surface area contributed by atoms with Crippen LogP contribution in [0.5, 0.6) is 11.5 Å². The van der Waals surface area contributed by atoms with Gasteiger partial charge < -0.3 is 9.05 Å². The molecule has 0 aliphatic rings. The summed E-state index contributed by atoms with van der Waals surface area (Å²) >= 11 is 0. The number of hydrogen-bond acceptors (Lipinski definition) is 3. The summed E-state index contributed by atoms with van der Waals surface area (Å²) in [6.45, 7) is 4.51. The van der Waals surface area contributed by atoms with Crippen molar-refractivity contribution in [3.8, 4) is 11.5 Å². The first kappa shape index (κ1) is 32.6. The molecule has 3 nitrogen and oxygen atoms in total. The van der Waals surface area contributed by atoms with Crippen molar-refractivity contribution >= 4 is 8.25 Å². The first-order valence-electron chi connectivity index (χ1n) is 13.8. The van der Waals surface area contributed by atoms with Crippen LogP contribution in [0.3, 0.4) is 0 Å². The maximum absolute atomic E-state index is 12.3. The number of unbranched alkanes of at least 4 members (excludes halogenated alkanes) is 12. The van der Waals surface area contributed by atoms with Gasteiger partial charge in [0.1, 0.15) is 11.5 Å². The van der Waals surface area contributed by atoms with Gasteiger partial charge in [0.2, 0.25) is 0 Å². The van der Waals surface area contributed by atoms with Crippen molar-refractivity contribution in [2.45, 2.75) is 117 Å². The molecule has 0 unspecified atom stereocenters. The maximum Gasteiger partial charge on any atom is 0.418 e. The van der Waals surface area contributed by atoms with E-state index in [-0.39, 0.29) is 40.8 Å². The average molecular weight is 631 g/mol. The van der Waals surface area contributed by atoms with E-state index in [0.29, 0.717) is 11.5 Å². The van der Waals surface area contributed by atoms with E-state index in [1.165, 1.54) is 101 Å². The summed E-state index contributed by atoms with van der Waals surface area (Å²) in [6.07, 6.45) is 20.7. The molecule has 0 spiro atoms. The van der Waals surface area contributed by atoms with Crippen molar-refractivity contribution in [1.82, 2.24) is 0 Å². The average Bonchev–Trinajstić information content (AvgIpc) is 2.85. The molecule has 0 aliphatic carbocycles. The molecule has 2 aromatic carbocycles. The topological polar surface area (TPSA) is 35.5 Å². The molecular weight excluding hydrogens is 584 g/mol. The molecule has 35 heavy (non-hydrogen) atoms. The SMILES string of the molecule is CCCCCCCCCc1ccc(O[PH](=O)Oc2ccc(CCCCCCCCC)cc2)cc1.[Nd]. The third kappa shape index (κ3) is 16.2. The Balaban J connectivity index is 0.00000612. The third-order valence-corrected chi connectivity index (χ3v) is 7.19. The molecule has 2 rings (SSSR count). The van der Waals surface area contributed by atoms with Crippen molar-refractivity contribution in [2.75, 3.05) is 0 Å². The summed E-state index contributed by atoms with van der Waals surface area (Å²) in [4.78, 5) is 0. The van der Waals surface area contributed by atoms with E-state index >= 15 is 0 Å². The molecule has 0 saturated heterocycles. The third-order valence-electron chi connectivity index (χ3n) is 6.39. The molecule has 0 N–H and O–H groups in total. The maximum atomic E-state index is 12.3. The normalized spacial score (nSPS) is 10.8. The molecule has 0 aliphatic heterocycles. The molecule has 0 saturated carbocycles. The molecule has 0 amide bonds. The van der Waals surface area contributed by atoms with Crippen LogP contribution in [-0.2, 0) is 17.4 Å². The van der Waals surface area contributed by atoms with Gasteiger partial charge in [0, 0.05) is 40.8 Å². The van der Waals surface area contributed by atoms with Gasteiger partial charge in [0.05, 0.1) is 0 Å². The van der Waals surface area contributed by atoms with Crippen molar-refractivity contribution in [2.24, 2.45) is 0 Å². The number of hydrogen-bond donors (Lipinski definition) is 0. The van der Waals surface area contributed by atoms with Crippen molar-refractivity contribution in [1.29, 1.82) is 0 Å².